The standard InChI is InChI=1S/C11H13N/c12-10-11-8-6-4-2-1-3-5-7-9-11/h1-9H,10,12H2. The Morgan fingerprint density at radius 2 is 1.17 bits per heavy atom. The summed E-state index contributed by atoms with van der Waals surface area (Å²) in [6.45, 7) is 0.582. The zero-order valence-electron chi connectivity index (χ0n) is 6.98. The van der Waals surface area contributed by atoms with Gasteiger partial charge in [0.05, 0.1) is 0 Å². The predicted molar refractivity (Wildman–Crippen MR) is 52.0 cm³/mol. The Bertz CT molecular complexity index is 255. The van der Waals surface area contributed by atoms with Gasteiger partial charge in [-0.15, -0.1) is 0 Å². The van der Waals surface area contributed by atoms with Gasteiger partial charge in [0.2, 0.25) is 0 Å². The van der Waals surface area contributed by atoms with Crippen LogP contribution >= 0.6 is 0 Å². The highest BCUT2D eigenvalue weighted by atomic mass is 14.5. The molecule has 0 aliphatic carbocycles. The van der Waals surface area contributed by atoms with E-state index in [1.54, 1.807) is 0 Å². The molecule has 2 N–H and O–H groups in total. The van der Waals surface area contributed by atoms with E-state index in [0.29, 0.717) is 6.54 Å². The van der Waals surface area contributed by atoms with Crippen LogP contribution in [0.3, 0.4) is 0 Å². The lowest BCUT2D eigenvalue weighted by Crippen LogP contribution is -1.93. The summed E-state index contributed by atoms with van der Waals surface area (Å²) in [7, 11) is 0. The second-order valence-electron chi connectivity index (χ2n) is 2.46. The molecule has 62 valence electrons. The first-order chi connectivity index (χ1) is 5.93. The maximum Gasteiger partial charge on any atom is 0.0178 e. The molecule has 1 rings (SSSR count). The van der Waals surface area contributed by atoms with Crippen molar-refractivity contribution in [3.05, 3.63) is 60.2 Å². The summed E-state index contributed by atoms with van der Waals surface area (Å²) >= 11 is 0. The fourth-order valence-electron chi connectivity index (χ4n) is 0.871. The normalized spacial score (nSPS) is 8.75. The van der Waals surface area contributed by atoms with E-state index >= 15 is 0 Å². The van der Waals surface area contributed by atoms with Gasteiger partial charge in [0, 0.05) is 6.54 Å². The molecule has 1 aromatic rings. The third-order valence-electron chi connectivity index (χ3n) is 1.52. The molecule has 0 fully saturated rings. The third kappa shape index (κ3) is 3.17. The Morgan fingerprint density at radius 1 is 0.750 bits per heavy atom. The van der Waals surface area contributed by atoms with Crippen LogP contribution in [0.1, 0.15) is 5.56 Å². The second kappa shape index (κ2) is 5.33. The molecule has 1 nitrogen and oxygen atoms in total. The van der Waals surface area contributed by atoms with Gasteiger partial charge in [-0.05, 0) is 5.56 Å². The van der Waals surface area contributed by atoms with Crippen molar-refractivity contribution >= 4 is 0 Å². The van der Waals surface area contributed by atoms with Crippen molar-refractivity contribution in [1.29, 1.82) is 0 Å². The van der Waals surface area contributed by atoms with Crippen molar-refractivity contribution in [1.82, 2.24) is 0 Å². The molecule has 0 atom stereocenters. The van der Waals surface area contributed by atoms with Crippen LogP contribution in [0.2, 0.25) is 0 Å². The van der Waals surface area contributed by atoms with Gasteiger partial charge in [-0.1, -0.05) is 54.6 Å². The van der Waals surface area contributed by atoms with E-state index in [4.69, 9.17) is 5.73 Å². The zero-order valence-corrected chi connectivity index (χ0v) is 6.98. The lowest BCUT2D eigenvalue weighted by Gasteiger charge is -1.87. The fourth-order valence-corrected chi connectivity index (χ4v) is 0.871. The molecule has 0 aliphatic heterocycles. The summed E-state index contributed by atoms with van der Waals surface area (Å²) < 4.78 is 0. The Kier molecular flexibility index (Phi) is 3.89. The van der Waals surface area contributed by atoms with E-state index in [-0.39, 0.29) is 0 Å². The molecule has 0 bridgehead atoms. The summed E-state index contributed by atoms with van der Waals surface area (Å²) in [4.78, 5) is 0. The molecule has 0 unspecified atom stereocenters. The van der Waals surface area contributed by atoms with Crippen molar-refractivity contribution in [2.45, 2.75) is 6.54 Å². The largest absolute Gasteiger partial charge is 0.326 e. The summed E-state index contributed by atoms with van der Waals surface area (Å²) in [6.07, 6.45) is 0. The molecule has 0 amide bonds. The lowest BCUT2D eigenvalue weighted by molar-refractivity contribution is 1.07. The molecular formula is C11H13N. The van der Waals surface area contributed by atoms with E-state index in [1.165, 1.54) is 0 Å². The van der Waals surface area contributed by atoms with Crippen LogP contribution in [0.25, 0.3) is 0 Å². The van der Waals surface area contributed by atoms with Crippen LogP contribution in [0.15, 0.2) is 54.6 Å². The van der Waals surface area contributed by atoms with Crippen LogP contribution in [-0.4, -0.2) is 0 Å². The molecular weight excluding hydrogens is 146 g/mol. The minimum Gasteiger partial charge on any atom is -0.326 e. The molecule has 12 heavy (non-hydrogen) atoms. The van der Waals surface area contributed by atoms with E-state index in [9.17, 15) is 0 Å². The van der Waals surface area contributed by atoms with Gasteiger partial charge in [0.15, 0.2) is 0 Å². The lowest BCUT2D eigenvalue weighted by atomic mass is 10.2. The Hall–Kier alpha value is -1.34. The molecule has 0 aromatic heterocycles. The van der Waals surface area contributed by atoms with E-state index in [2.05, 4.69) is 0 Å². The molecule has 0 heterocycles. The first-order valence-corrected chi connectivity index (χ1v) is 4.01. The Balaban J connectivity index is 3.07. The third-order valence-corrected chi connectivity index (χ3v) is 1.52. The number of hydrogen-bond acceptors (Lipinski definition) is 1. The minimum atomic E-state index is 0.582. The van der Waals surface area contributed by atoms with Gasteiger partial charge in [-0.3, -0.25) is 0 Å². The first kappa shape index (κ1) is 8.75. The molecule has 0 spiro atoms. The highest BCUT2D eigenvalue weighted by Crippen LogP contribution is 1.91. The molecule has 0 saturated heterocycles. The van der Waals surface area contributed by atoms with Gasteiger partial charge in [0.25, 0.3) is 0 Å². The van der Waals surface area contributed by atoms with Crippen LogP contribution < -0.4 is 5.73 Å². The van der Waals surface area contributed by atoms with Gasteiger partial charge < -0.3 is 5.73 Å². The summed E-state index contributed by atoms with van der Waals surface area (Å²) in [6, 6.07) is 17.9. The highest BCUT2D eigenvalue weighted by molar-refractivity contribution is 5.11. The van der Waals surface area contributed by atoms with Crippen LogP contribution in [0.5, 0.6) is 0 Å². The number of nitrogens with two attached hydrogens (primary N) is 1. The maximum atomic E-state index is 5.52. The van der Waals surface area contributed by atoms with E-state index < -0.39 is 0 Å². The van der Waals surface area contributed by atoms with Crippen LogP contribution in [0.4, 0.5) is 0 Å². The van der Waals surface area contributed by atoms with E-state index in [1.807, 2.05) is 54.6 Å². The topological polar surface area (TPSA) is 26.0 Å². The predicted octanol–water partition coefficient (Wildman–Crippen LogP) is 2.27. The average Bonchev–Trinajstić information content (AvgIpc) is 2.14. The van der Waals surface area contributed by atoms with Crippen LogP contribution in [-0.2, 0) is 6.54 Å². The first-order valence-electron chi connectivity index (χ1n) is 4.01. The Labute approximate surface area is 73.2 Å². The van der Waals surface area contributed by atoms with E-state index in [0.717, 1.165) is 5.56 Å². The Morgan fingerprint density at radius 3 is 1.58 bits per heavy atom. The quantitative estimate of drug-likeness (QED) is 0.668. The van der Waals surface area contributed by atoms with Gasteiger partial charge in [-0.25, -0.2) is 0 Å². The maximum absolute atomic E-state index is 5.52. The molecule has 0 aliphatic rings. The van der Waals surface area contributed by atoms with Gasteiger partial charge in [0.1, 0.15) is 0 Å². The van der Waals surface area contributed by atoms with Crippen LogP contribution in [0, 0.1) is 0 Å². The molecule has 0 radical (unpaired) electrons. The monoisotopic (exact) mass is 159 g/mol. The number of rotatable bonds is 1. The van der Waals surface area contributed by atoms with Crippen molar-refractivity contribution in [2.24, 2.45) is 5.73 Å². The molecule has 1 heteroatoms. The summed E-state index contributed by atoms with van der Waals surface area (Å²) in [5.41, 5.74) is 6.65. The highest BCUT2D eigenvalue weighted by Gasteiger charge is 1.78. The zero-order chi connectivity index (χ0) is 8.65. The van der Waals surface area contributed by atoms with Gasteiger partial charge >= 0.3 is 0 Å². The van der Waals surface area contributed by atoms with Gasteiger partial charge in [-0.2, -0.15) is 0 Å². The van der Waals surface area contributed by atoms with Crippen molar-refractivity contribution in [3.8, 4) is 0 Å². The smallest absolute Gasteiger partial charge is 0.0178 e. The van der Waals surface area contributed by atoms with Crippen molar-refractivity contribution < 1.29 is 0 Å². The summed E-state index contributed by atoms with van der Waals surface area (Å²) in [5.74, 6) is 0. The summed E-state index contributed by atoms with van der Waals surface area (Å²) in [5, 5.41) is 0. The minimum absolute atomic E-state index is 0.582. The fraction of sp³-hybridized carbons (Fsp3) is 0.0909. The second-order valence-corrected chi connectivity index (χ2v) is 2.46. The van der Waals surface area contributed by atoms with Crippen molar-refractivity contribution in [2.75, 3.05) is 0 Å². The van der Waals surface area contributed by atoms with Crippen molar-refractivity contribution in [3.63, 3.8) is 0 Å². The molecule has 1 aromatic carbocycles. The number of hydrogen-bond donors (Lipinski definition) is 1. The SMILES string of the molecule is NCc1ccccccccc1. The average molecular weight is 159 g/mol. The molecule has 0 saturated carbocycles.